The highest BCUT2D eigenvalue weighted by atomic mass is 19.1. The van der Waals surface area contributed by atoms with Crippen molar-refractivity contribution in [3.63, 3.8) is 0 Å². The summed E-state index contributed by atoms with van der Waals surface area (Å²) in [5.74, 6) is 1.26. The van der Waals surface area contributed by atoms with Gasteiger partial charge in [0, 0.05) is 45.0 Å². The topological polar surface area (TPSA) is 88.4 Å². The molecule has 6 rings (SSSR count). The molecule has 10 heteroatoms. The molecule has 5 aromatic rings. The van der Waals surface area contributed by atoms with Crippen LogP contribution >= 0.6 is 0 Å². The van der Waals surface area contributed by atoms with Crippen molar-refractivity contribution in [2.24, 2.45) is 7.05 Å². The predicted molar refractivity (Wildman–Crippen MR) is 154 cm³/mol. The van der Waals surface area contributed by atoms with Gasteiger partial charge in [0.2, 0.25) is 5.91 Å². The van der Waals surface area contributed by atoms with Crippen LogP contribution in [0.25, 0.3) is 21.9 Å². The molecular weight excluding hydrogens is 509 g/mol. The highest BCUT2D eigenvalue weighted by molar-refractivity contribution is 5.94. The smallest absolute Gasteiger partial charge is 0.246 e. The van der Waals surface area contributed by atoms with Crippen LogP contribution in [0.15, 0.2) is 73.8 Å². The average Bonchev–Trinajstić information content (AvgIpc) is 3.34. The molecule has 0 bridgehead atoms. The number of nitrogens with one attached hydrogen (secondary N) is 1. The number of piperazine rings is 1. The van der Waals surface area contributed by atoms with Gasteiger partial charge in [-0.1, -0.05) is 6.58 Å². The van der Waals surface area contributed by atoms with Crippen LogP contribution in [0, 0.1) is 12.7 Å². The van der Waals surface area contributed by atoms with E-state index in [1.807, 2.05) is 59.8 Å². The number of rotatable bonds is 6. The first-order chi connectivity index (χ1) is 19.4. The molecular formula is C30H28FN7O2. The van der Waals surface area contributed by atoms with E-state index in [-0.39, 0.29) is 5.91 Å². The van der Waals surface area contributed by atoms with Crippen molar-refractivity contribution in [3.05, 3.63) is 85.2 Å². The molecule has 0 radical (unpaired) electrons. The maximum Gasteiger partial charge on any atom is 0.246 e. The van der Waals surface area contributed by atoms with Gasteiger partial charge in [-0.2, -0.15) is 0 Å². The third-order valence-electron chi connectivity index (χ3n) is 7.19. The first-order valence-electron chi connectivity index (χ1n) is 13.0. The van der Waals surface area contributed by atoms with E-state index < -0.39 is 5.82 Å². The van der Waals surface area contributed by atoms with E-state index >= 15 is 4.39 Å². The largest absolute Gasteiger partial charge is 0.457 e. The van der Waals surface area contributed by atoms with Crippen molar-refractivity contribution < 1.29 is 13.9 Å². The Morgan fingerprint density at radius 1 is 1.02 bits per heavy atom. The number of benzene rings is 3. The van der Waals surface area contributed by atoms with Crippen LogP contribution in [-0.4, -0.2) is 56.5 Å². The van der Waals surface area contributed by atoms with Gasteiger partial charge in [0.05, 0.1) is 34.0 Å². The SMILES string of the molecule is C=CC(=O)N1CCN(c2ccc3ncnc(Nc4ccc(Oc5ccc6c(c5)ncn6C)c(C)c4)c3c2F)CC1. The number of hydrogen-bond acceptors (Lipinski definition) is 7. The average molecular weight is 538 g/mol. The predicted octanol–water partition coefficient (Wildman–Crippen LogP) is 5.33. The molecule has 1 fully saturated rings. The van der Waals surface area contributed by atoms with Crippen molar-refractivity contribution in [2.75, 3.05) is 36.4 Å². The number of nitrogens with zero attached hydrogens (tertiary/aromatic N) is 6. The van der Waals surface area contributed by atoms with Gasteiger partial charge < -0.3 is 24.4 Å². The van der Waals surface area contributed by atoms with Crippen LogP contribution in [0.5, 0.6) is 11.5 Å². The molecule has 1 aliphatic rings. The van der Waals surface area contributed by atoms with Gasteiger partial charge in [0.25, 0.3) is 0 Å². The van der Waals surface area contributed by atoms with Crippen LogP contribution in [0.3, 0.4) is 0 Å². The van der Waals surface area contributed by atoms with Gasteiger partial charge in [-0.15, -0.1) is 0 Å². The zero-order chi connectivity index (χ0) is 27.8. The van der Waals surface area contributed by atoms with Crippen molar-refractivity contribution >= 4 is 45.0 Å². The normalized spacial score (nSPS) is 13.6. The molecule has 1 saturated heterocycles. The van der Waals surface area contributed by atoms with Gasteiger partial charge in [0.1, 0.15) is 23.6 Å². The van der Waals surface area contributed by atoms with Crippen LogP contribution in [0.1, 0.15) is 5.56 Å². The van der Waals surface area contributed by atoms with Gasteiger partial charge in [-0.25, -0.2) is 19.3 Å². The lowest BCUT2D eigenvalue weighted by molar-refractivity contribution is -0.126. The van der Waals surface area contributed by atoms with Crippen molar-refractivity contribution in [1.29, 1.82) is 0 Å². The monoisotopic (exact) mass is 537 g/mol. The maximum absolute atomic E-state index is 16.0. The van der Waals surface area contributed by atoms with Gasteiger partial charge >= 0.3 is 0 Å². The Balaban J connectivity index is 1.24. The number of aromatic nitrogens is 4. The Morgan fingerprint density at radius 3 is 2.62 bits per heavy atom. The summed E-state index contributed by atoms with van der Waals surface area (Å²) < 4.78 is 24.0. The molecule has 1 N–H and O–H groups in total. The third-order valence-corrected chi connectivity index (χ3v) is 7.19. The van der Waals surface area contributed by atoms with Crippen molar-refractivity contribution in [3.8, 4) is 11.5 Å². The first-order valence-corrected chi connectivity index (χ1v) is 13.0. The quantitative estimate of drug-likeness (QED) is 0.293. The number of aryl methyl sites for hydroxylation is 2. The van der Waals surface area contributed by atoms with Gasteiger partial charge in [-0.05, 0) is 61.0 Å². The molecule has 0 spiro atoms. The fourth-order valence-corrected chi connectivity index (χ4v) is 5.02. The molecule has 9 nitrogen and oxygen atoms in total. The molecule has 3 aromatic carbocycles. The molecule has 202 valence electrons. The molecule has 0 aliphatic carbocycles. The zero-order valence-electron chi connectivity index (χ0n) is 22.3. The lowest BCUT2D eigenvalue weighted by atomic mass is 10.1. The second-order valence-electron chi connectivity index (χ2n) is 9.74. The van der Waals surface area contributed by atoms with E-state index in [4.69, 9.17) is 4.74 Å². The Hall–Kier alpha value is -4.99. The highest BCUT2D eigenvalue weighted by Crippen LogP contribution is 2.34. The fraction of sp³-hybridized carbons (Fsp3) is 0.200. The van der Waals surface area contributed by atoms with Crippen LogP contribution < -0.4 is 15.0 Å². The Kier molecular flexibility index (Phi) is 6.51. The zero-order valence-corrected chi connectivity index (χ0v) is 22.3. The number of imidazole rings is 1. The highest BCUT2D eigenvalue weighted by Gasteiger charge is 2.23. The summed E-state index contributed by atoms with van der Waals surface area (Å²) in [6.45, 7) is 7.55. The fourth-order valence-electron chi connectivity index (χ4n) is 5.02. The number of carbonyl (C=O) groups is 1. The molecule has 0 unspecified atom stereocenters. The van der Waals surface area contributed by atoms with E-state index in [1.54, 1.807) is 23.4 Å². The van der Waals surface area contributed by atoms with E-state index in [1.165, 1.54) is 12.4 Å². The Labute approximate surface area is 230 Å². The van der Waals surface area contributed by atoms with E-state index in [0.717, 1.165) is 22.3 Å². The summed E-state index contributed by atoms with van der Waals surface area (Å²) in [4.78, 5) is 28.6. The minimum atomic E-state index is -0.398. The van der Waals surface area contributed by atoms with Crippen LogP contribution in [0.2, 0.25) is 0 Å². The summed E-state index contributed by atoms with van der Waals surface area (Å²) in [6.07, 6.45) is 4.50. The minimum Gasteiger partial charge on any atom is -0.457 e. The van der Waals surface area contributed by atoms with E-state index in [9.17, 15) is 4.79 Å². The summed E-state index contributed by atoms with van der Waals surface area (Å²) in [6, 6.07) is 15.0. The van der Waals surface area contributed by atoms with Crippen molar-refractivity contribution in [2.45, 2.75) is 6.92 Å². The molecule has 1 amide bonds. The number of anilines is 3. The Morgan fingerprint density at radius 2 is 1.85 bits per heavy atom. The molecule has 0 atom stereocenters. The standard InChI is InChI=1S/C30H28FN7O2/c1-4-27(39)38-13-11-37(12-14-38)25-9-7-22-28(29(25)31)30(33-17-32-22)35-20-5-10-26(19(2)15-20)40-21-6-8-24-23(16-21)34-18-36(24)3/h4-10,15-18H,1,11-14H2,2-3H3,(H,32,33,35). The summed E-state index contributed by atoms with van der Waals surface area (Å²) in [7, 11) is 1.95. The second kappa shape index (κ2) is 10.3. The first kappa shape index (κ1) is 25.3. The molecule has 2 aromatic heterocycles. The van der Waals surface area contributed by atoms with Crippen LogP contribution in [0.4, 0.5) is 21.6 Å². The molecule has 3 heterocycles. The molecule has 0 saturated carbocycles. The Bertz CT molecular complexity index is 1760. The number of fused-ring (bicyclic) bond motifs is 2. The number of halogens is 1. The summed E-state index contributed by atoms with van der Waals surface area (Å²) in [5.41, 5.74) is 4.49. The summed E-state index contributed by atoms with van der Waals surface area (Å²) >= 11 is 0. The van der Waals surface area contributed by atoms with Crippen LogP contribution in [-0.2, 0) is 11.8 Å². The number of carbonyl (C=O) groups excluding carboxylic acids is 1. The second-order valence-corrected chi connectivity index (χ2v) is 9.74. The van der Waals surface area contributed by atoms with Gasteiger partial charge in [-0.3, -0.25) is 4.79 Å². The number of amides is 1. The molecule has 40 heavy (non-hydrogen) atoms. The lowest BCUT2D eigenvalue weighted by Gasteiger charge is -2.35. The van der Waals surface area contributed by atoms with E-state index in [0.29, 0.717) is 60.1 Å². The third kappa shape index (κ3) is 4.68. The summed E-state index contributed by atoms with van der Waals surface area (Å²) in [5, 5.41) is 3.58. The number of ether oxygens (including phenoxy) is 1. The van der Waals surface area contributed by atoms with Crippen molar-refractivity contribution in [1.82, 2.24) is 24.4 Å². The minimum absolute atomic E-state index is 0.112. The maximum atomic E-state index is 16.0. The molecule has 1 aliphatic heterocycles. The number of hydrogen-bond donors (Lipinski definition) is 1. The van der Waals surface area contributed by atoms with Gasteiger partial charge in [0.15, 0.2) is 5.82 Å². The van der Waals surface area contributed by atoms with E-state index in [2.05, 4.69) is 26.8 Å². The lowest BCUT2D eigenvalue weighted by Crippen LogP contribution is -2.48.